The molecule has 0 aliphatic carbocycles. The zero-order valence-electron chi connectivity index (χ0n) is 36.4. The SMILES string of the molecule is CCCC/C=C\C/C=C\CCCCCCCC(=O)OC(COCCCCCCCCCC/C=C\C/C=C\CCCCCC)COP(=O)([O-])OCC[N+](C)(C)C. The highest BCUT2D eigenvalue weighted by molar-refractivity contribution is 7.45. The molecule has 2 unspecified atom stereocenters. The number of carbonyl (C=O) groups is 1. The van der Waals surface area contributed by atoms with E-state index in [2.05, 4.69) is 62.5 Å². The van der Waals surface area contributed by atoms with E-state index in [1.807, 2.05) is 21.1 Å². The number of phosphoric ester groups is 1. The second-order valence-electron chi connectivity index (χ2n) is 16.0. The van der Waals surface area contributed by atoms with Crippen LogP contribution >= 0.6 is 7.82 Å². The van der Waals surface area contributed by atoms with Crippen molar-refractivity contribution in [3.05, 3.63) is 48.6 Å². The minimum Gasteiger partial charge on any atom is -0.756 e. The standard InChI is InChI=1S/C46H86NO7P/c1-6-8-10-12-14-16-18-20-22-23-24-25-26-28-30-32-34-36-38-41-51-43-45(44-53-55(49,50)52-42-40-47(3,4)5)54-46(48)39-37-35-33-31-29-27-21-19-17-15-13-11-9-7-2/h13,15-16,18-19,21-23,45H,6-12,14,17,20,24-44H2,1-5H3/b15-13-,18-16-,21-19-,23-22-. The molecule has 0 radical (unpaired) electrons. The quantitative estimate of drug-likeness (QED) is 0.0200. The van der Waals surface area contributed by atoms with Gasteiger partial charge >= 0.3 is 5.97 Å². The summed E-state index contributed by atoms with van der Waals surface area (Å²) in [6.07, 6.45) is 46.9. The molecule has 0 aromatic carbocycles. The second-order valence-corrected chi connectivity index (χ2v) is 17.5. The van der Waals surface area contributed by atoms with Gasteiger partial charge in [0.1, 0.15) is 19.3 Å². The topological polar surface area (TPSA) is 94.1 Å². The van der Waals surface area contributed by atoms with Gasteiger partial charge in [-0.3, -0.25) is 9.36 Å². The molecule has 0 aliphatic rings. The molecule has 0 bridgehead atoms. The van der Waals surface area contributed by atoms with E-state index in [4.69, 9.17) is 18.5 Å². The Balaban J connectivity index is 4.24. The molecule has 8 nitrogen and oxygen atoms in total. The summed E-state index contributed by atoms with van der Waals surface area (Å²) in [7, 11) is 1.34. The summed E-state index contributed by atoms with van der Waals surface area (Å²) >= 11 is 0. The first-order valence-electron chi connectivity index (χ1n) is 22.4. The van der Waals surface area contributed by atoms with Crippen molar-refractivity contribution in [1.82, 2.24) is 0 Å². The van der Waals surface area contributed by atoms with Crippen molar-refractivity contribution < 1.29 is 37.3 Å². The Morgan fingerprint density at radius 2 is 1.02 bits per heavy atom. The van der Waals surface area contributed by atoms with Crippen LogP contribution in [0.3, 0.4) is 0 Å². The van der Waals surface area contributed by atoms with Gasteiger partial charge in [-0.1, -0.05) is 152 Å². The van der Waals surface area contributed by atoms with Crippen LogP contribution in [0.4, 0.5) is 0 Å². The van der Waals surface area contributed by atoms with E-state index in [-0.39, 0.29) is 25.8 Å². The fourth-order valence-corrected chi connectivity index (χ4v) is 6.56. The normalized spacial score (nSPS) is 14.2. The highest BCUT2D eigenvalue weighted by Crippen LogP contribution is 2.38. The molecule has 0 heterocycles. The number of ether oxygens (including phenoxy) is 2. The van der Waals surface area contributed by atoms with E-state index in [0.717, 1.165) is 64.2 Å². The van der Waals surface area contributed by atoms with Gasteiger partial charge in [0.05, 0.1) is 34.4 Å². The van der Waals surface area contributed by atoms with Crippen molar-refractivity contribution >= 4 is 13.8 Å². The number of likely N-dealkylation sites (N-methyl/N-ethyl adjacent to an activating group) is 1. The number of quaternary nitrogens is 1. The van der Waals surface area contributed by atoms with Crippen molar-refractivity contribution in [2.75, 3.05) is 54.1 Å². The Labute approximate surface area is 339 Å². The van der Waals surface area contributed by atoms with Crippen molar-refractivity contribution in [3.63, 3.8) is 0 Å². The third-order valence-corrected chi connectivity index (χ3v) is 10.3. The number of hydrogen-bond donors (Lipinski definition) is 0. The molecule has 0 amide bonds. The van der Waals surface area contributed by atoms with Crippen LogP contribution in [-0.2, 0) is 27.9 Å². The van der Waals surface area contributed by atoms with Crippen molar-refractivity contribution in [2.45, 2.75) is 187 Å². The van der Waals surface area contributed by atoms with Crippen LogP contribution in [0, 0.1) is 0 Å². The van der Waals surface area contributed by atoms with Crippen LogP contribution in [0.25, 0.3) is 0 Å². The van der Waals surface area contributed by atoms with Gasteiger partial charge in [-0.25, -0.2) is 0 Å². The average molecular weight is 796 g/mol. The Morgan fingerprint density at radius 3 is 1.53 bits per heavy atom. The number of nitrogens with zero attached hydrogens (tertiary/aromatic N) is 1. The number of phosphoric acid groups is 1. The third kappa shape index (κ3) is 43.4. The van der Waals surface area contributed by atoms with Crippen molar-refractivity contribution in [3.8, 4) is 0 Å². The molecular formula is C46H86NO7P. The lowest BCUT2D eigenvalue weighted by Gasteiger charge is -2.28. The van der Waals surface area contributed by atoms with E-state index < -0.39 is 13.9 Å². The van der Waals surface area contributed by atoms with Crippen LogP contribution in [0.2, 0.25) is 0 Å². The summed E-state index contributed by atoms with van der Waals surface area (Å²) in [6, 6.07) is 0. The molecule has 0 saturated carbocycles. The molecule has 0 N–H and O–H groups in total. The maximum Gasteiger partial charge on any atom is 0.306 e. The molecule has 2 atom stereocenters. The Kier molecular flexibility index (Phi) is 38.2. The molecule has 55 heavy (non-hydrogen) atoms. The van der Waals surface area contributed by atoms with E-state index in [0.29, 0.717) is 24.1 Å². The predicted molar refractivity (Wildman–Crippen MR) is 231 cm³/mol. The number of esters is 1. The molecule has 0 aromatic rings. The highest BCUT2D eigenvalue weighted by atomic mass is 31.2. The summed E-state index contributed by atoms with van der Waals surface area (Å²) in [5.74, 6) is -0.351. The lowest BCUT2D eigenvalue weighted by molar-refractivity contribution is -0.870. The summed E-state index contributed by atoms with van der Waals surface area (Å²) in [5.41, 5.74) is 0. The zero-order chi connectivity index (χ0) is 40.6. The van der Waals surface area contributed by atoms with Gasteiger partial charge in [-0.2, -0.15) is 0 Å². The maximum atomic E-state index is 12.7. The fraction of sp³-hybridized carbons (Fsp3) is 0.804. The summed E-state index contributed by atoms with van der Waals surface area (Å²) < 4.78 is 34.6. The molecule has 9 heteroatoms. The lowest BCUT2D eigenvalue weighted by Crippen LogP contribution is -2.37. The van der Waals surface area contributed by atoms with Crippen LogP contribution in [0.5, 0.6) is 0 Å². The van der Waals surface area contributed by atoms with Crippen molar-refractivity contribution in [2.24, 2.45) is 0 Å². The number of unbranched alkanes of at least 4 members (excludes halogenated alkanes) is 19. The minimum atomic E-state index is -4.53. The molecular weight excluding hydrogens is 709 g/mol. The Morgan fingerprint density at radius 1 is 0.564 bits per heavy atom. The van der Waals surface area contributed by atoms with Gasteiger partial charge in [0.15, 0.2) is 0 Å². The van der Waals surface area contributed by atoms with E-state index in [1.165, 1.54) is 96.3 Å². The van der Waals surface area contributed by atoms with Crippen LogP contribution < -0.4 is 4.89 Å². The molecule has 0 aromatic heterocycles. The van der Waals surface area contributed by atoms with Gasteiger partial charge in [0.2, 0.25) is 0 Å². The number of rotatable bonds is 41. The van der Waals surface area contributed by atoms with Gasteiger partial charge in [-0.05, 0) is 70.6 Å². The molecule has 0 aliphatic heterocycles. The lowest BCUT2D eigenvalue weighted by atomic mass is 10.1. The first-order valence-corrected chi connectivity index (χ1v) is 23.8. The number of hydrogen-bond acceptors (Lipinski definition) is 7. The van der Waals surface area contributed by atoms with Gasteiger partial charge in [0.25, 0.3) is 7.82 Å². The zero-order valence-corrected chi connectivity index (χ0v) is 37.3. The first kappa shape index (κ1) is 53.5. The molecule has 0 fully saturated rings. The Bertz CT molecular complexity index is 1020. The maximum absolute atomic E-state index is 12.7. The largest absolute Gasteiger partial charge is 0.756 e. The molecule has 0 spiro atoms. The van der Waals surface area contributed by atoms with Crippen LogP contribution in [-0.4, -0.2) is 70.7 Å². The molecule has 0 rings (SSSR count). The van der Waals surface area contributed by atoms with E-state index in [1.54, 1.807) is 0 Å². The fourth-order valence-electron chi connectivity index (χ4n) is 5.83. The highest BCUT2D eigenvalue weighted by Gasteiger charge is 2.20. The smallest absolute Gasteiger partial charge is 0.306 e. The number of allylic oxidation sites excluding steroid dienone is 8. The van der Waals surface area contributed by atoms with E-state index >= 15 is 0 Å². The second kappa shape index (κ2) is 39.3. The van der Waals surface area contributed by atoms with Gasteiger partial charge in [0, 0.05) is 13.0 Å². The molecule has 0 saturated heterocycles. The molecule has 322 valence electrons. The Hall–Kier alpha value is -1.54. The summed E-state index contributed by atoms with van der Waals surface area (Å²) in [5, 5.41) is 0. The summed E-state index contributed by atoms with van der Waals surface area (Å²) in [4.78, 5) is 25.0. The van der Waals surface area contributed by atoms with Crippen LogP contribution in [0.1, 0.15) is 181 Å². The van der Waals surface area contributed by atoms with E-state index in [9.17, 15) is 14.3 Å². The first-order chi connectivity index (χ1) is 26.6. The van der Waals surface area contributed by atoms with Gasteiger partial charge < -0.3 is 27.9 Å². The minimum absolute atomic E-state index is 0.0206. The van der Waals surface area contributed by atoms with Gasteiger partial charge in [-0.15, -0.1) is 0 Å². The average Bonchev–Trinajstić information content (AvgIpc) is 3.13. The predicted octanol–water partition coefficient (Wildman–Crippen LogP) is 12.5. The number of carbonyl (C=O) groups excluding carboxylic acids is 1. The third-order valence-electron chi connectivity index (χ3n) is 9.35. The summed E-state index contributed by atoms with van der Waals surface area (Å²) in [6.45, 7) is 5.32. The van der Waals surface area contributed by atoms with Crippen LogP contribution in [0.15, 0.2) is 48.6 Å². The monoisotopic (exact) mass is 796 g/mol. The van der Waals surface area contributed by atoms with Crippen molar-refractivity contribution in [1.29, 1.82) is 0 Å².